The highest BCUT2D eigenvalue weighted by molar-refractivity contribution is 6.05. The quantitative estimate of drug-likeness (QED) is 0.707. The van der Waals surface area contributed by atoms with Crippen molar-refractivity contribution in [1.29, 1.82) is 0 Å². The van der Waals surface area contributed by atoms with Crippen molar-refractivity contribution < 1.29 is 23.8 Å². The van der Waals surface area contributed by atoms with E-state index in [2.05, 4.69) is 20.4 Å². The Morgan fingerprint density at radius 2 is 2.15 bits per heavy atom. The highest BCUT2D eigenvalue weighted by Gasteiger charge is 2.35. The van der Waals surface area contributed by atoms with E-state index in [0.717, 1.165) is 32.5 Å². The van der Waals surface area contributed by atoms with Gasteiger partial charge in [0.1, 0.15) is 11.2 Å². The van der Waals surface area contributed by atoms with Crippen LogP contribution in [0.1, 0.15) is 23.3 Å². The molecule has 8 nitrogen and oxygen atoms in total. The zero-order chi connectivity index (χ0) is 18.7. The Hall–Kier alpha value is -2.68. The van der Waals surface area contributed by atoms with Crippen LogP contribution in [0.4, 0.5) is 4.39 Å². The minimum absolute atomic E-state index is 0.119. The number of hydrogen-bond acceptors (Lipinski definition) is 5. The van der Waals surface area contributed by atoms with Crippen molar-refractivity contribution in [3.63, 3.8) is 0 Å². The summed E-state index contributed by atoms with van der Waals surface area (Å²) < 4.78 is 19.1. The first-order chi connectivity index (χ1) is 12.6. The Morgan fingerprint density at radius 3 is 2.73 bits per heavy atom. The van der Waals surface area contributed by atoms with E-state index in [-0.39, 0.29) is 29.7 Å². The maximum atomic E-state index is 14.2. The fourth-order valence-electron chi connectivity index (χ4n) is 3.73. The molecular formula is C17H21FN4O4. The van der Waals surface area contributed by atoms with Gasteiger partial charge in [-0.25, -0.2) is 4.39 Å². The fourth-order valence-corrected chi connectivity index (χ4v) is 3.73. The van der Waals surface area contributed by atoms with Crippen LogP contribution in [0.5, 0.6) is 5.75 Å². The smallest absolute Gasteiger partial charge is 0.290 e. The number of carboxylic acid groups (broad SMARTS) is 1. The van der Waals surface area contributed by atoms with E-state index in [1.165, 1.54) is 13.2 Å². The number of carbonyl (C=O) groups is 2. The van der Waals surface area contributed by atoms with E-state index in [1.807, 2.05) is 0 Å². The van der Waals surface area contributed by atoms with Crippen molar-refractivity contribution in [3.05, 3.63) is 23.6 Å². The molecule has 0 spiro atoms. The number of methoxy groups -OCH3 is 1. The summed E-state index contributed by atoms with van der Waals surface area (Å²) in [4.78, 5) is 23.3. The van der Waals surface area contributed by atoms with Crippen LogP contribution in [0.25, 0.3) is 10.9 Å². The highest BCUT2D eigenvalue weighted by atomic mass is 19.1. The Labute approximate surface area is 149 Å². The second-order valence-corrected chi connectivity index (χ2v) is 6.40. The normalized spacial score (nSPS) is 23.8. The fraction of sp³-hybridized carbons (Fsp3) is 0.471. The van der Waals surface area contributed by atoms with Crippen molar-refractivity contribution in [2.45, 2.75) is 18.9 Å². The third-order valence-corrected chi connectivity index (χ3v) is 5.05. The van der Waals surface area contributed by atoms with Gasteiger partial charge in [0, 0.05) is 18.0 Å². The number of benzene rings is 1. The van der Waals surface area contributed by atoms with Gasteiger partial charge in [0.2, 0.25) is 0 Å². The molecule has 1 amide bonds. The zero-order valence-corrected chi connectivity index (χ0v) is 14.4. The van der Waals surface area contributed by atoms with E-state index in [1.54, 1.807) is 6.07 Å². The van der Waals surface area contributed by atoms with Crippen LogP contribution in [0.2, 0.25) is 0 Å². The van der Waals surface area contributed by atoms with Gasteiger partial charge in [0.05, 0.1) is 7.11 Å². The molecule has 26 heavy (non-hydrogen) atoms. The van der Waals surface area contributed by atoms with Crippen molar-refractivity contribution in [2.75, 3.05) is 26.7 Å². The molecule has 1 aromatic heterocycles. The number of ether oxygens (including phenoxy) is 1. The Kier molecular flexibility index (Phi) is 5.36. The number of nitrogens with one attached hydrogen (secondary N) is 2. The van der Waals surface area contributed by atoms with Gasteiger partial charge in [-0.1, -0.05) is 0 Å². The molecule has 4 heterocycles. The van der Waals surface area contributed by atoms with Gasteiger partial charge in [0.15, 0.2) is 11.6 Å². The summed E-state index contributed by atoms with van der Waals surface area (Å²) in [6, 6.07) is 3.33. The maximum Gasteiger partial charge on any atom is 0.290 e. The van der Waals surface area contributed by atoms with Crippen LogP contribution in [0, 0.1) is 11.7 Å². The molecule has 3 aliphatic rings. The average Bonchev–Trinajstić information content (AvgIpc) is 3.09. The minimum Gasteiger partial charge on any atom is -0.494 e. The lowest BCUT2D eigenvalue weighted by Gasteiger charge is -2.44. The molecule has 3 saturated heterocycles. The van der Waals surface area contributed by atoms with E-state index >= 15 is 0 Å². The number of amides is 1. The van der Waals surface area contributed by atoms with Gasteiger partial charge in [-0.3, -0.25) is 14.7 Å². The molecule has 3 N–H and O–H groups in total. The summed E-state index contributed by atoms with van der Waals surface area (Å²) in [6.07, 6.45) is 2.25. The highest BCUT2D eigenvalue weighted by Crippen LogP contribution is 2.29. The molecule has 2 aromatic rings. The lowest BCUT2D eigenvalue weighted by molar-refractivity contribution is -0.122. The molecule has 0 aliphatic carbocycles. The number of aromatic amines is 1. The van der Waals surface area contributed by atoms with Crippen molar-refractivity contribution in [3.8, 4) is 5.75 Å². The second kappa shape index (κ2) is 7.69. The monoisotopic (exact) mass is 364 g/mol. The summed E-state index contributed by atoms with van der Waals surface area (Å²) in [5.74, 6) is -0.123. The van der Waals surface area contributed by atoms with Gasteiger partial charge in [-0.05, 0) is 44.0 Å². The molecule has 140 valence electrons. The summed E-state index contributed by atoms with van der Waals surface area (Å²) in [7, 11) is 1.40. The third kappa shape index (κ3) is 3.34. The predicted octanol–water partition coefficient (Wildman–Crippen LogP) is 1.24. The van der Waals surface area contributed by atoms with E-state index in [4.69, 9.17) is 14.6 Å². The molecule has 0 radical (unpaired) electrons. The number of nitrogens with zero attached hydrogens (tertiary/aromatic N) is 2. The number of rotatable bonds is 3. The number of carbonyl (C=O) groups excluding carboxylic acids is 1. The molecule has 9 heteroatoms. The lowest BCUT2D eigenvalue weighted by atomic mass is 9.84. The second-order valence-electron chi connectivity index (χ2n) is 6.40. The van der Waals surface area contributed by atoms with Gasteiger partial charge in [0.25, 0.3) is 12.4 Å². The summed E-state index contributed by atoms with van der Waals surface area (Å²) in [6.45, 7) is 2.88. The number of piperidine rings is 3. The van der Waals surface area contributed by atoms with Gasteiger partial charge < -0.3 is 20.1 Å². The summed E-state index contributed by atoms with van der Waals surface area (Å²) >= 11 is 0. The van der Waals surface area contributed by atoms with Crippen LogP contribution < -0.4 is 10.1 Å². The molecule has 0 unspecified atom stereocenters. The van der Waals surface area contributed by atoms with Crippen LogP contribution >= 0.6 is 0 Å². The van der Waals surface area contributed by atoms with Crippen molar-refractivity contribution in [2.24, 2.45) is 5.92 Å². The Bertz CT molecular complexity index is 801. The van der Waals surface area contributed by atoms with Crippen LogP contribution in [-0.4, -0.2) is 65.4 Å². The Morgan fingerprint density at radius 1 is 1.46 bits per heavy atom. The zero-order valence-electron chi connectivity index (χ0n) is 14.4. The van der Waals surface area contributed by atoms with Crippen LogP contribution in [-0.2, 0) is 4.79 Å². The number of hydrogen-bond donors (Lipinski definition) is 3. The summed E-state index contributed by atoms with van der Waals surface area (Å²) in [5, 5.41) is 17.1. The number of halogens is 1. The number of fused-ring (bicyclic) bond motifs is 4. The average molecular weight is 364 g/mol. The molecule has 3 aliphatic heterocycles. The summed E-state index contributed by atoms with van der Waals surface area (Å²) in [5.41, 5.74) is 0.432. The first-order valence-corrected chi connectivity index (χ1v) is 8.40. The van der Waals surface area contributed by atoms with Gasteiger partial charge in [-0.2, -0.15) is 5.10 Å². The first-order valence-electron chi connectivity index (χ1n) is 8.40. The molecular weight excluding hydrogens is 343 g/mol. The van der Waals surface area contributed by atoms with Crippen LogP contribution in [0.3, 0.4) is 0 Å². The van der Waals surface area contributed by atoms with Crippen LogP contribution in [0.15, 0.2) is 12.1 Å². The topological polar surface area (TPSA) is 108 Å². The minimum atomic E-state index is -0.553. The molecule has 1 atom stereocenters. The largest absolute Gasteiger partial charge is 0.494 e. The predicted molar refractivity (Wildman–Crippen MR) is 91.7 cm³/mol. The number of H-pyrrole nitrogens is 1. The van der Waals surface area contributed by atoms with E-state index < -0.39 is 5.82 Å². The maximum absolute atomic E-state index is 14.2. The van der Waals surface area contributed by atoms with Gasteiger partial charge in [-0.15, -0.1) is 0 Å². The third-order valence-electron chi connectivity index (χ3n) is 5.05. The molecule has 2 bridgehead atoms. The number of aromatic nitrogens is 2. The molecule has 3 fully saturated rings. The van der Waals surface area contributed by atoms with Crippen molar-refractivity contribution >= 4 is 23.3 Å². The van der Waals surface area contributed by atoms with E-state index in [0.29, 0.717) is 17.0 Å². The van der Waals surface area contributed by atoms with E-state index in [9.17, 15) is 9.18 Å². The standard InChI is InChI=1S/C16H19FN4O2.CH2O2/c1-23-12-3-2-10-14(13(12)17)19-20-15(10)16(22)18-11-8-21-6-4-9(11)5-7-21;2-1-3/h2-3,9,11H,4-8H2,1H3,(H,18,22)(H,19,20);1H,(H,2,3)/t11-;/m1./s1. The lowest BCUT2D eigenvalue weighted by Crippen LogP contribution is -2.57. The molecule has 5 rings (SSSR count). The molecule has 1 aromatic carbocycles. The SMILES string of the molecule is COc1ccc2c(C(=O)N[C@@H]3CN4CCC3CC4)[nH]nc2c1F.O=CO. The van der Waals surface area contributed by atoms with Crippen molar-refractivity contribution in [1.82, 2.24) is 20.4 Å². The Balaban J connectivity index is 0.000000613. The van der Waals surface area contributed by atoms with Gasteiger partial charge >= 0.3 is 0 Å². The first kappa shape index (κ1) is 18.1. The molecule has 0 saturated carbocycles.